The summed E-state index contributed by atoms with van der Waals surface area (Å²) in [4.78, 5) is 25.0. The van der Waals surface area contributed by atoms with Crippen LogP contribution in [0.25, 0.3) is 6.08 Å². The Kier molecular flexibility index (Phi) is 7.32. The topological polar surface area (TPSA) is 79.2 Å². The molecule has 1 amide bonds. The fourth-order valence-corrected chi connectivity index (χ4v) is 3.22. The second-order valence-corrected chi connectivity index (χ2v) is 7.53. The van der Waals surface area contributed by atoms with Gasteiger partial charge in [-0.3, -0.25) is 4.79 Å². The zero-order valence-corrected chi connectivity index (χ0v) is 18.0. The minimum atomic E-state index is -0.667. The summed E-state index contributed by atoms with van der Waals surface area (Å²) < 4.78 is 5.44. The molecule has 0 heterocycles. The maximum atomic E-state index is 12.5. The van der Waals surface area contributed by atoms with Crippen LogP contribution in [0.3, 0.4) is 0 Å². The highest BCUT2D eigenvalue weighted by Gasteiger charge is 2.14. The third-order valence-electron chi connectivity index (χ3n) is 3.99. The van der Waals surface area contributed by atoms with Crippen molar-refractivity contribution in [1.82, 2.24) is 0 Å². The molecule has 0 fully saturated rings. The summed E-state index contributed by atoms with van der Waals surface area (Å²) in [5.74, 6) is -1.08. The van der Waals surface area contributed by atoms with Gasteiger partial charge in [0, 0.05) is 26.3 Å². The zero-order chi connectivity index (χ0) is 22.4. The third kappa shape index (κ3) is 6.09. The molecule has 3 aromatic rings. The number of hydrogen-bond acceptors (Lipinski definition) is 4. The number of para-hydroxylation sites is 1. The van der Waals surface area contributed by atoms with E-state index in [-0.39, 0.29) is 11.3 Å². The molecule has 3 aromatic carbocycles. The summed E-state index contributed by atoms with van der Waals surface area (Å²) in [7, 11) is 0. The number of nitrogens with one attached hydrogen (secondary N) is 1. The van der Waals surface area contributed by atoms with Crippen LogP contribution >= 0.6 is 34.8 Å². The monoisotopic (exact) mass is 470 g/mol. The van der Waals surface area contributed by atoms with E-state index in [1.807, 2.05) is 6.07 Å². The first-order chi connectivity index (χ1) is 14.9. The molecule has 0 atom stereocenters. The van der Waals surface area contributed by atoms with Crippen molar-refractivity contribution in [2.45, 2.75) is 0 Å². The molecule has 0 aliphatic heterocycles. The Bertz CT molecular complexity index is 1200. The van der Waals surface area contributed by atoms with Crippen molar-refractivity contribution < 1.29 is 14.3 Å². The SMILES string of the molecule is N#C/C(=C\c1ccccc1OC(=O)c1ccc(Cl)cc1)C(=O)Nc1cc(Cl)cc(Cl)c1. The van der Waals surface area contributed by atoms with Crippen LogP contribution in [0.4, 0.5) is 5.69 Å². The van der Waals surface area contributed by atoms with E-state index in [2.05, 4.69) is 5.32 Å². The van der Waals surface area contributed by atoms with Gasteiger partial charge in [0.1, 0.15) is 17.4 Å². The predicted octanol–water partition coefficient (Wildman–Crippen LogP) is 6.41. The van der Waals surface area contributed by atoms with E-state index < -0.39 is 11.9 Å². The average molecular weight is 472 g/mol. The van der Waals surface area contributed by atoms with Crippen molar-refractivity contribution in [3.05, 3.63) is 98.5 Å². The number of nitrogens with zero attached hydrogens (tertiary/aromatic N) is 1. The number of carbonyl (C=O) groups is 2. The second-order valence-electron chi connectivity index (χ2n) is 6.22. The zero-order valence-electron chi connectivity index (χ0n) is 15.7. The number of nitriles is 1. The van der Waals surface area contributed by atoms with Crippen LogP contribution in [0, 0.1) is 11.3 Å². The van der Waals surface area contributed by atoms with Crippen LogP contribution in [-0.2, 0) is 4.79 Å². The number of benzene rings is 3. The molecular formula is C23H13Cl3N2O3. The lowest BCUT2D eigenvalue weighted by Crippen LogP contribution is -2.13. The molecule has 0 aromatic heterocycles. The van der Waals surface area contributed by atoms with Gasteiger partial charge >= 0.3 is 5.97 Å². The molecule has 8 heteroatoms. The third-order valence-corrected chi connectivity index (χ3v) is 4.68. The van der Waals surface area contributed by atoms with E-state index in [1.54, 1.807) is 36.4 Å². The van der Waals surface area contributed by atoms with Crippen LogP contribution in [0.2, 0.25) is 15.1 Å². The molecule has 0 aliphatic carbocycles. The molecule has 0 spiro atoms. The summed E-state index contributed by atoms with van der Waals surface area (Å²) in [6.07, 6.45) is 1.33. The Morgan fingerprint density at radius 3 is 2.19 bits per heavy atom. The van der Waals surface area contributed by atoms with Gasteiger partial charge in [0.2, 0.25) is 0 Å². The van der Waals surface area contributed by atoms with E-state index in [9.17, 15) is 14.9 Å². The summed E-state index contributed by atoms with van der Waals surface area (Å²) in [5.41, 5.74) is 0.817. The number of halogens is 3. The maximum Gasteiger partial charge on any atom is 0.343 e. The highest BCUT2D eigenvalue weighted by atomic mass is 35.5. The summed E-state index contributed by atoms with van der Waals surface area (Å²) >= 11 is 17.7. The smallest absolute Gasteiger partial charge is 0.343 e. The lowest BCUT2D eigenvalue weighted by Gasteiger charge is -2.09. The van der Waals surface area contributed by atoms with Crippen molar-refractivity contribution in [2.75, 3.05) is 5.32 Å². The fourth-order valence-electron chi connectivity index (χ4n) is 2.57. The van der Waals surface area contributed by atoms with Crippen molar-refractivity contribution in [1.29, 1.82) is 5.26 Å². The first kappa shape index (κ1) is 22.4. The van der Waals surface area contributed by atoms with Gasteiger partial charge in [-0.2, -0.15) is 5.26 Å². The van der Waals surface area contributed by atoms with E-state index in [4.69, 9.17) is 39.5 Å². The van der Waals surface area contributed by atoms with Crippen LogP contribution in [0.5, 0.6) is 5.75 Å². The van der Waals surface area contributed by atoms with Crippen molar-refractivity contribution in [2.24, 2.45) is 0 Å². The van der Waals surface area contributed by atoms with E-state index in [0.717, 1.165) is 0 Å². The molecule has 1 N–H and O–H groups in total. The summed E-state index contributed by atoms with van der Waals surface area (Å²) in [6.45, 7) is 0. The van der Waals surface area contributed by atoms with Crippen molar-refractivity contribution >= 4 is 58.4 Å². The number of rotatable bonds is 5. The molecule has 0 bridgehead atoms. The van der Waals surface area contributed by atoms with Gasteiger partial charge in [-0.25, -0.2) is 4.79 Å². The molecule has 3 rings (SSSR count). The molecule has 0 unspecified atom stereocenters. The number of esters is 1. The molecule has 0 aliphatic rings. The number of carbonyl (C=O) groups excluding carboxylic acids is 2. The van der Waals surface area contributed by atoms with Crippen LogP contribution in [0.1, 0.15) is 15.9 Å². The van der Waals surface area contributed by atoms with Crippen molar-refractivity contribution in [3.63, 3.8) is 0 Å². The number of ether oxygens (including phenoxy) is 1. The Hall–Kier alpha value is -3.30. The summed E-state index contributed by atoms with van der Waals surface area (Å²) in [5, 5.41) is 13.2. The largest absolute Gasteiger partial charge is 0.422 e. The van der Waals surface area contributed by atoms with Crippen LogP contribution < -0.4 is 10.1 Å². The molecule has 31 heavy (non-hydrogen) atoms. The van der Waals surface area contributed by atoms with Gasteiger partial charge in [-0.1, -0.05) is 53.0 Å². The van der Waals surface area contributed by atoms with E-state index in [1.165, 1.54) is 36.4 Å². The standard InChI is InChI=1S/C23H13Cl3N2O3/c24-17-7-5-14(6-8-17)23(30)31-21-4-2-1-3-15(21)9-16(13-27)22(29)28-20-11-18(25)10-19(26)12-20/h1-12H,(H,28,29)/b16-9+. The number of amides is 1. The molecule has 0 saturated heterocycles. The average Bonchev–Trinajstić information content (AvgIpc) is 2.72. The lowest BCUT2D eigenvalue weighted by molar-refractivity contribution is -0.112. The second kappa shape index (κ2) is 10.1. The van der Waals surface area contributed by atoms with Crippen LogP contribution in [0.15, 0.2) is 72.3 Å². The Morgan fingerprint density at radius 1 is 0.903 bits per heavy atom. The summed E-state index contributed by atoms with van der Waals surface area (Å²) in [6, 6.07) is 19.1. The first-order valence-corrected chi connectivity index (χ1v) is 9.95. The highest BCUT2D eigenvalue weighted by molar-refractivity contribution is 6.35. The molecule has 5 nitrogen and oxygen atoms in total. The van der Waals surface area contributed by atoms with Gasteiger partial charge in [0.15, 0.2) is 0 Å². The normalized spacial score (nSPS) is 10.8. The van der Waals surface area contributed by atoms with E-state index >= 15 is 0 Å². The molecule has 154 valence electrons. The van der Waals surface area contributed by atoms with Gasteiger partial charge in [-0.05, 0) is 54.6 Å². The predicted molar refractivity (Wildman–Crippen MR) is 122 cm³/mol. The first-order valence-electron chi connectivity index (χ1n) is 8.82. The minimum absolute atomic E-state index is 0.189. The quantitative estimate of drug-likeness (QED) is 0.202. The Labute approximate surface area is 193 Å². The van der Waals surface area contributed by atoms with Gasteiger partial charge in [0.05, 0.1) is 5.56 Å². The van der Waals surface area contributed by atoms with Gasteiger partial charge in [-0.15, -0.1) is 0 Å². The van der Waals surface area contributed by atoms with Gasteiger partial charge < -0.3 is 10.1 Å². The lowest BCUT2D eigenvalue weighted by atomic mass is 10.1. The Morgan fingerprint density at radius 2 is 1.55 bits per heavy atom. The molecule has 0 saturated carbocycles. The highest BCUT2D eigenvalue weighted by Crippen LogP contribution is 2.25. The Balaban J connectivity index is 1.84. The minimum Gasteiger partial charge on any atom is -0.422 e. The number of anilines is 1. The van der Waals surface area contributed by atoms with Gasteiger partial charge in [0.25, 0.3) is 5.91 Å². The fraction of sp³-hybridized carbons (Fsp3) is 0. The van der Waals surface area contributed by atoms with Crippen LogP contribution in [-0.4, -0.2) is 11.9 Å². The molecular weight excluding hydrogens is 459 g/mol. The van der Waals surface area contributed by atoms with Crippen molar-refractivity contribution in [3.8, 4) is 11.8 Å². The number of hydrogen-bond donors (Lipinski definition) is 1. The molecule has 0 radical (unpaired) electrons. The maximum absolute atomic E-state index is 12.5. The van der Waals surface area contributed by atoms with E-state index in [0.29, 0.717) is 31.9 Å².